The Morgan fingerprint density at radius 1 is 1.37 bits per heavy atom. The molecule has 1 fully saturated rings. The van der Waals surface area contributed by atoms with Crippen molar-refractivity contribution in [2.24, 2.45) is 0 Å². The van der Waals surface area contributed by atoms with Gasteiger partial charge in [0.1, 0.15) is 5.82 Å². The molecule has 1 unspecified atom stereocenters. The van der Waals surface area contributed by atoms with Gasteiger partial charge in [-0.05, 0) is 51.3 Å². The molecule has 1 aromatic carbocycles. The van der Waals surface area contributed by atoms with Gasteiger partial charge in [-0.15, -0.1) is 0 Å². The van der Waals surface area contributed by atoms with Crippen molar-refractivity contribution in [2.75, 3.05) is 7.05 Å². The lowest BCUT2D eigenvalue weighted by Gasteiger charge is -2.22. The van der Waals surface area contributed by atoms with Crippen LogP contribution >= 0.6 is 11.8 Å². The van der Waals surface area contributed by atoms with Crippen LogP contribution < -0.4 is 0 Å². The molecule has 1 aliphatic carbocycles. The third kappa shape index (κ3) is 4.54. The third-order valence-electron chi connectivity index (χ3n) is 5.36. The first kappa shape index (κ1) is 19.9. The van der Waals surface area contributed by atoms with Crippen molar-refractivity contribution in [1.82, 2.24) is 14.5 Å². The molecule has 1 saturated carbocycles. The number of hydrogen-bond acceptors (Lipinski definition) is 3. The van der Waals surface area contributed by atoms with Crippen molar-refractivity contribution >= 4 is 17.7 Å². The van der Waals surface area contributed by atoms with Crippen LogP contribution in [0.15, 0.2) is 29.4 Å². The molecule has 2 aromatic rings. The number of carbonyl (C=O) groups excluding carboxylic acids is 1. The highest BCUT2D eigenvalue weighted by Gasteiger charge is 2.26. The van der Waals surface area contributed by atoms with Gasteiger partial charge in [0.15, 0.2) is 5.16 Å². The summed E-state index contributed by atoms with van der Waals surface area (Å²) in [6.07, 6.45) is 4.89. The molecule has 0 radical (unpaired) electrons. The molecule has 4 nitrogen and oxygen atoms in total. The SMILES string of the molecule is Cc1nc(SC(C)C(=O)N(C)Cc2cccc(F)c2)n(C2CCCC2)c1C. The van der Waals surface area contributed by atoms with E-state index in [0.717, 1.165) is 16.4 Å². The van der Waals surface area contributed by atoms with E-state index in [9.17, 15) is 9.18 Å². The number of halogens is 1. The molecule has 0 N–H and O–H groups in total. The summed E-state index contributed by atoms with van der Waals surface area (Å²) in [4.78, 5) is 19.2. The molecule has 0 saturated heterocycles. The molecule has 1 atom stereocenters. The number of rotatable bonds is 6. The lowest BCUT2D eigenvalue weighted by atomic mass is 10.2. The van der Waals surface area contributed by atoms with Crippen LogP contribution in [-0.4, -0.2) is 32.7 Å². The maximum atomic E-state index is 13.4. The Balaban J connectivity index is 1.70. The van der Waals surface area contributed by atoms with Crippen molar-refractivity contribution in [2.45, 2.75) is 69.4 Å². The fourth-order valence-corrected chi connectivity index (χ4v) is 4.96. The quantitative estimate of drug-likeness (QED) is 0.660. The van der Waals surface area contributed by atoms with Gasteiger partial charge in [0.2, 0.25) is 5.91 Å². The summed E-state index contributed by atoms with van der Waals surface area (Å²) >= 11 is 1.53. The first-order valence-electron chi connectivity index (χ1n) is 9.58. The second kappa shape index (κ2) is 8.46. The zero-order valence-corrected chi connectivity index (χ0v) is 17.4. The molecule has 0 spiro atoms. The van der Waals surface area contributed by atoms with Gasteiger partial charge < -0.3 is 9.47 Å². The molecule has 6 heteroatoms. The molecule has 0 aliphatic heterocycles. The summed E-state index contributed by atoms with van der Waals surface area (Å²) in [7, 11) is 1.77. The maximum absolute atomic E-state index is 13.4. The Morgan fingerprint density at radius 2 is 2.07 bits per heavy atom. The van der Waals surface area contributed by atoms with Crippen molar-refractivity contribution in [3.8, 4) is 0 Å². The summed E-state index contributed by atoms with van der Waals surface area (Å²) in [5, 5.41) is 0.696. The van der Waals surface area contributed by atoms with E-state index in [0.29, 0.717) is 12.6 Å². The van der Waals surface area contributed by atoms with Gasteiger partial charge in [-0.2, -0.15) is 0 Å². The summed E-state index contributed by atoms with van der Waals surface area (Å²) in [5.41, 5.74) is 3.04. The minimum atomic E-state index is -0.277. The fraction of sp³-hybridized carbons (Fsp3) is 0.524. The summed E-state index contributed by atoms with van der Waals surface area (Å²) in [6.45, 7) is 6.48. The van der Waals surface area contributed by atoms with Gasteiger partial charge in [-0.1, -0.05) is 36.7 Å². The van der Waals surface area contributed by atoms with Crippen LogP contribution in [0.2, 0.25) is 0 Å². The molecule has 1 aromatic heterocycles. The number of amides is 1. The molecule has 3 rings (SSSR count). The normalized spacial score (nSPS) is 15.9. The monoisotopic (exact) mass is 389 g/mol. The number of carbonyl (C=O) groups is 1. The Labute approximate surface area is 165 Å². The van der Waals surface area contributed by atoms with E-state index < -0.39 is 0 Å². The highest BCUT2D eigenvalue weighted by molar-refractivity contribution is 8.00. The second-order valence-electron chi connectivity index (χ2n) is 7.46. The van der Waals surface area contributed by atoms with E-state index in [1.54, 1.807) is 18.0 Å². The van der Waals surface area contributed by atoms with Crippen molar-refractivity contribution in [1.29, 1.82) is 0 Å². The molecule has 1 heterocycles. The second-order valence-corrected chi connectivity index (χ2v) is 8.77. The van der Waals surface area contributed by atoms with Gasteiger partial charge in [-0.25, -0.2) is 9.37 Å². The van der Waals surface area contributed by atoms with Gasteiger partial charge >= 0.3 is 0 Å². The number of hydrogen-bond donors (Lipinski definition) is 0. The average molecular weight is 390 g/mol. The Morgan fingerprint density at radius 3 is 2.74 bits per heavy atom. The molecule has 146 valence electrons. The number of thioether (sulfide) groups is 1. The fourth-order valence-electron chi connectivity index (χ4n) is 3.78. The third-order valence-corrected chi connectivity index (χ3v) is 6.41. The number of nitrogens with zero attached hydrogens (tertiary/aromatic N) is 3. The number of benzene rings is 1. The largest absolute Gasteiger partial charge is 0.340 e. The molecule has 1 amide bonds. The zero-order valence-electron chi connectivity index (χ0n) is 16.5. The van der Waals surface area contributed by atoms with Gasteiger partial charge in [0.25, 0.3) is 0 Å². The highest BCUT2D eigenvalue weighted by atomic mass is 32.2. The van der Waals surface area contributed by atoms with Crippen LogP contribution in [0.4, 0.5) is 4.39 Å². The van der Waals surface area contributed by atoms with E-state index >= 15 is 0 Å². The summed E-state index contributed by atoms with van der Waals surface area (Å²) < 4.78 is 15.7. The number of aromatic nitrogens is 2. The summed E-state index contributed by atoms with van der Waals surface area (Å²) in [5.74, 6) is -0.249. The Hall–Kier alpha value is -1.82. The minimum Gasteiger partial charge on any atom is -0.340 e. The number of imidazole rings is 1. The highest BCUT2D eigenvalue weighted by Crippen LogP contribution is 2.36. The predicted molar refractivity (Wildman–Crippen MR) is 107 cm³/mol. The molecule has 27 heavy (non-hydrogen) atoms. The molecule has 1 aliphatic rings. The molecule has 0 bridgehead atoms. The van der Waals surface area contributed by atoms with Gasteiger partial charge in [0.05, 0.1) is 10.9 Å². The zero-order chi connectivity index (χ0) is 19.6. The minimum absolute atomic E-state index is 0.0283. The van der Waals surface area contributed by atoms with Gasteiger partial charge in [0, 0.05) is 25.3 Å². The average Bonchev–Trinajstić information content (AvgIpc) is 3.23. The van der Waals surface area contributed by atoms with E-state index in [-0.39, 0.29) is 17.0 Å². The topological polar surface area (TPSA) is 38.1 Å². The predicted octanol–water partition coefficient (Wildman–Crippen LogP) is 4.89. The van der Waals surface area contributed by atoms with E-state index in [2.05, 4.69) is 11.5 Å². The molecular formula is C21H28FN3OS. The first-order chi connectivity index (χ1) is 12.9. The maximum Gasteiger partial charge on any atom is 0.235 e. The Bertz CT molecular complexity index is 814. The van der Waals surface area contributed by atoms with Crippen LogP contribution in [0.5, 0.6) is 0 Å². The van der Waals surface area contributed by atoms with Crippen LogP contribution in [0.25, 0.3) is 0 Å². The van der Waals surface area contributed by atoms with Crippen molar-refractivity contribution in [3.63, 3.8) is 0 Å². The smallest absolute Gasteiger partial charge is 0.235 e. The molecular weight excluding hydrogens is 361 g/mol. The van der Waals surface area contributed by atoms with E-state index in [1.165, 1.54) is 55.3 Å². The van der Waals surface area contributed by atoms with Crippen molar-refractivity contribution < 1.29 is 9.18 Å². The first-order valence-corrected chi connectivity index (χ1v) is 10.5. The standard InChI is InChI=1S/C21H28FN3OS/c1-14-15(2)25(19-10-5-6-11-19)21(23-14)27-16(3)20(26)24(4)13-17-8-7-9-18(22)12-17/h7-9,12,16,19H,5-6,10-11,13H2,1-4H3. The van der Waals surface area contributed by atoms with Crippen molar-refractivity contribution in [3.05, 3.63) is 47.0 Å². The van der Waals surface area contributed by atoms with Crippen LogP contribution in [0.3, 0.4) is 0 Å². The lowest BCUT2D eigenvalue weighted by Crippen LogP contribution is -2.33. The lowest BCUT2D eigenvalue weighted by molar-refractivity contribution is -0.129. The van der Waals surface area contributed by atoms with E-state index in [4.69, 9.17) is 4.98 Å². The van der Waals surface area contributed by atoms with Crippen LogP contribution in [-0.2, 0) is 11.3 Å². The van der Waals surface area contributed by atoms with Crippen LogP contribution in [0.1, 0.15) is 55.6 Å². The van der Waals surface area contributed by atoms with Gasteiger partial charge in [-0.3, -0.25) is 4.79 Å². The summed E-state index contributed by atoms with van der Waals surface area (Å²) in [6, 6.07) is 6.90. The number of aryl methyl sites for hydroxylation is 1. The van der Waals surface area contributed by atoms with Crippen LogP contribution in [0, 0.1) is 19.7 Å². The van der Waals surface area contributed by atoms with E-state index in [1.807, 2.05) is 19.9 Å². The Kier molecular flexibility index (Phi) is 6.25.